The van der Waals surface area contributed by atoms with Crippen LogP contribution in [0.3, 0.4) is 0 Å². The van der Waals surface area contributed by atoms with E-state index in [4.69, 9.17) is 10.5 Å². The van der Waals surface area contributed by atoms with Crippen molar-refractivity contribution >= 4 is 0 Å². The van der Waals surface area contributed by atoms with Gasteiger partial charge in [0.15, 0.2) is 0 Å². The van der Waals surface area contributed by atoms with Crippen LogP contribution in [0.5, 0.6) is 0 Å². The highest BCUT2D eigenvalue weighted by molar-refractivity contribution is 4.89. The normalized spacial score (nSPS) is 47.6. The smallest absolute Gasteiger partial charge is 0.102 e. The lowest BCUT2D eigenvalue weighted by atomic mass is 10.0. The van der Waals surface area contributed by atoms with Crippen LogP contribution >= 0.6 is 0 Å². The van der Waals surface area contributed by atoms with Gasteiger partial charge in [-0.1, -0.05) is 0 Å². The Hall–Kier alpha value is -0.120. The monoisotopic (exact) mass is 117 g/mol. The summed E-state index contributed by atoms with van der Waals surface area (Å²) in [6, 6.07) is -0.206. The van der Waals surface area contributed by atoms with Gasteiger partial charge in [0.25, 0.3) is 0 Å². The summed E-state index contributed by atoms with van der Waals surface area (Å²) in [5.74, 6) is 0. The molecule has 0 aromatic heterocycles. The summed E-state index contributed by atoms with van der Waals surface area (Å²) in [4.78, 5) is 0. The molecule has 1 aliphatic rings. The van der Waals surface area contributed by atoms with Gasteiger partial charge >= 0.3 is 0 Å². The van der Waals surface area contributed by atoms with Crippen molar-refractivity contribution in [2.24, 2.45) is 5.73 Å². The van der Waals surface area contributed by atoms with Gasteiger partial charge in [-0.2, -0.15) is 0 Å². The molecule has 0 radical (unpaired) electrons. The van der Waals surface area contributed by atoms with Crippen LogP contribution < -0.4 is 5.73 Å². The third-order valence-electron chi connectivity index (χ3n) is 1.49. The van der Waals surface area contributed by atoms with Gasteiger partial charge in [0, 0.05) is 0 Å². The second-order valence-corrected chi connectivity index (χ2v) is 2.48. The van der Waals surface area contributed by atoms with Crippen LogP contribution in [0.1, 0.15) is 6.92 Å². The molecule has 1 heterocycles. The first-order chi connectivity index (χ1) is 3.63. The predicted octanol–water partition coefficient (Wildman–Crippen LogP) is -0.905. The first-order valence-corrected chi connectivity index (χ1v) is 2.68. The minimum atomic E-state index is -0.792. The predicted molar refractivity (Wildman–Crippen MR) is 29.4 cm³/mol. The average molecular weight is 117 g/mol. The molecule has 0 unspecified atom stereocenters. The molecule has 8 heavy (non-hydrogen) atoms. The van der Waals surface area contributed by atoms with Crippen LogP contribution in [0, 0.1) is 0 Å². The van der Waals surface area contributed by atoms with Gasteiger partial charge in [0.1, 0.15) is 5.60 Å². The van der Waals surface area contributed by atoms with Crippen molar-refractivity contribution in [2.75, 3.05) is 13.2 Å². The van der Waals surface area contributed by atoms with E-state index in [0.717, 1.165) is 0 Å². The van der Waals surface area contributed by atoms with Crippen LogP contribution in [0.15, 0.2) is 0 Å². The molecule has 0 amide bonds. The minimum Gasteiger partial charge on any atom is -0.386 e. The fourth-order valence-electron chi connectivity index (χ4n) is 0.679. The fraction of sp³-hybridized carbons (Fsp3) is 1.00. The molecule has 1 rings (SSSR count). The number of aliphatic hydroxyl groups is 1. The van der Waals surface area contributed by atoms with E-state index in [1.807, 2.05) is 0 Å². The molecule has 48 valence electrons. The summed E-state index contributed by atoms with van der Waals surface area (Å²) in [5.41, 5.74) is 4.65. The summed E-state index contributed by atoms with van der Waals surface area (Å²) >= 11 is 0. The zero-order valence-electron chi connectivity index (χ0n) is 4.92. The molecule has 0 spiro atoms. The Balaban J connectivity index is 2.54. The van der Waals surface area contributed by atoms with E-state index in [9.17, 15) is 5.11 Å². The molecule has 0 aromatic rings. The fourth-order valence-corrected chi connectivity index (χ4v) is 0.679. The van der Waals surface area contributed by atoms with Crippen LogP contribution in [-0.4, -0.2) is 30.0 Å². The molecule has 3 N–H and O–H groups in total. The summed E-state index contributed by atoms with van der Waals surface area (Å²) in [6.07, 6.45) is 0. The average Bonchev–Trinajstić information content (AvgIpc) is 1.86. The van der Waals surface area contributed by atoms with E-state index in [2.05, 4.69) is 0 Å². The first-order valence-electron chi connectivity index (χ1n) is 2.68. The topological polar surface area (TPSA) is 55.5 Å². The quantitative estimate of drug-likeness (QED) is 0.432. The van der Waals surface area contributed by atoms with Gasteiger partial charge in [-0.05, 0) is 6.92 Å². The van der Waals surface area contributed by atoms with E-state index in [1.165, 1.54) is 0 Å². The molecule has 3 heteroatoms. The van der Waals surface area contributed by atoms with Crippen LogP contribution in [-0.2, 0) is 4.74 Å². The lowest BCUT2D eigenvalue weighted by Gasteiger charge is -2.18. The van der Waals surface area contributed by atoms with Gasteiger partial charge in [0.2, 0.25) is 0 Å². The van der Waals surface area contributed by atoms with Crippen molar-refractivity contribution in [3.8, 4) is 0 Å². The Kier molecular flexibility index (Phi) is 1.27. The Bertz CT molecular complexity index is 92.4. The van der Waals surface area contributed by atoms with Crippen molar-refractivity contribution in [3.05, 3.63) is 0 Å². The maximum Gasteiger partial charge on any atom is 0.102 e. The minimum absolute atomic E-state index is 0.206. The molecule has 0 aromatic carbocycles. The Morgan fingerprint density at radius 1 is 1.88 bits per heavy atom. The van der Waals surface area contributed by atoms with Crippen molar-refractivity contribution in [2.45, 2.75) is 18.6 Å². The molecular formula is C5H11NO2. The lowest BCUT2D eigenvalue weighted by Crippen LogP contribution is -2.43. The number of hydrogen-bond acceptors (Lipinski definition) is 3. The van der Waals surface area contributed by atoms with E-state index >= 15 is 0 Å². The molecule has 2 atom stereocenters. The molecule has 1 aliphatic heterocycles. The van der Waals surface area contributed by atoms with E-state index in [0.29, 0.717) is 13.2 Å². The third-order valence-corrected chi connectivity index (χ3v) is 1.49. The van der Waals surface area contributed by atoms with Gasteiger partial charge < -0.3 is 15.6 Å². The van der Waals surface area contributed by atoms with Gasteiger partial charge in [-0.3, -0.25) is 0 Å². The second kappa shape index (κ2) is 1.69. The summed E-state index contributed by atoms with van der Waals surface area (Å²) in [6.45, 7) is 2.53. The first kappa shape index (κ1) is 6.01. The van der Waals surface area contributed by atoms with E-state index < -0.39 is 5.60 Å². The zero-order chi connectivity index (χ0) is 6.20. The summed E-state index contributed by atoms with van der Waals surface area (Å²) in [5, 5.41) is 9.21. The van der Waals surface area contributed by atoms with Crippen LogP contribution in [0.25, 0.3) is 0 Å². The molecule has 0 saturated carbocycles. The highest BCUT2D eigenvalue weighted by Gasteiger charge is 2.34. The Morgan fingerprint density at radius 2 is 2.50 bits per heavy atom. The highest BCUT2D eigenvalue weighted by atomic mass is 16.5. The Labute approximate surface area is 48.4 Å². The zero-order valence-corrected chi connectivity index (χ0v) is 4.92. The lowest BCUT2D eigenvalue weighted by molar-refractivity contribution is 0.0361. The molecule has 3 nitrogen and oxygen atoms in total. The molecule has 1 saturated heterocycles. The number of nitrogens with two attached hydrogens (primary N) is 1. The number of ether oxygens (including phenoxy) is 1. The molecule has 0 aliphatic carbocycles. The third kappa shape index (κ3) is 0.844. The molecule has 0 bridgehead atoms. The SMILES string of the molecule is C[C@@]1(O)COC[C@H]1N. The van der Waals surface area contributed by atoms with Gasteiger partial charge in [0.05, 0.1) is 19.3 Å². The Morgan fingerprint density at radius 3 is 2.62 bits per heavy atom. The van der Waals surface area contributed by atoms with E-state index in [1.54, 1.807) is 6.92 Å². The second-order valence-electron chi connectivity index (χ2n) is 2.48. The summed E-state index contributed by atoms with van der Waals surface area (Å²) in [7, 11) is 0. The van der Waals surface area contributed by atoms with Crippen molar-refractivity contribution in [1.82, 2.24) is 0 Å². The van der Waals surface area contributed by atoms with E-state index in [-0.39, 0.29) is 6.04 Å². The standard InChI is InChI=1S/C5H11NO2/c1-5(7)3-8-2-4(5)6/h4,7H,2-3,6H2,1H3/t4-,5-/m1/s1. The van der Waals surface area contributed by atoms with Crippen molar-refractivity contribution in [3.63, 3.8) is 0 Å². The largest absolute Gasteiger partial charge is 0.386 e. The number of hydrogen-bond donors (Lipinski definition) is 2. The number of rotatable bonds is 0. The highest BCUT2D eigenvalue weighted by Crippen LogP contribution is 2.15. The maximum absolute atomic E-state index is 9.21. The maximum atomic E-state index is 9.21. The van der Waals surface area contributed by atoms with Crippen LogP contribution in [0.4, 0.5) is 0 Å². The molecule has 1 fully saturated rings. The van der Waals surface area contributed by atoms with Crippen molar-refractivity contribution < 1.29 is 9.84 Å². The van der Waals surface area contributed by atoms with Crippen molar-refractivity contribution in [1.29, 1.82) is 0 Å². The van der Waals surface area contributed by atoms with Gasteiger partial charge in [-0.15, -0.1) is 0 Å². The van der Waals surface area contributed by atoms with Gasteiger partial charge in [-0.25, -0.2) is 0 Å². The summed E-state index contributed by atoms with van der Waals surface area (Å²) < 4.78 is 4.90. The molecular weight excluding hydrogens is 106 g/mol. The van der Waals surface area contributed by atoms with Crippen LogP contribution in [0.2, 0.25) is 0 Å².